The Balaban J connectivity index is 2.03. The van der Waals surface area contributed by atoms with E-state index in [-0.39, 0.29) is 6.04 Å². The minimum absolute atomic E-state index is 0.0664. The largest absolute Gasteiger partial charge is 0.481 e. The van der Waals surface area contributed by atoms with Crippen molar-refractivity contribution in [2.45, 2.75) is 18.9 Å². The van der Waals surface area contributed by atoms with Crippen LogP contribution in [0.4, 0.5) is 5.69 Å². The highest BCUT2D eigenvalue weighted by Crippen LogP contribution is 2.14. The Bertz CT molecular complexity index is 544. The van der Waals surface area contributed by atoms with Gasteiger partial charge in [0.2, 0.25) is 5.88 Å². The van der Waals surface area contributed by atoms with Gasteiger partial charge in [0.05, 0.1) is 7.11 Å². The molecule has 0 aliphatic heterocycles. The van der Waals surface area contributed by atoms with E-state index in [1.54, 1.807) is 31.8 Å². The lowest BCUT2D eigenvalue weighted by atomic mass is 10.0. The number of methoxy groups -OCH3 is 1. The molecule has 1 unspecified atom stereocenters. The minimum atomic E-state index is 0.0664. The number of nitrogens with zero attached hydrogens (tertiary/aromatic N) is 2. The lowest BCUT2D eigenvalue weighted by Gasteiger charge is -2.16. The summed E-state index contributed by atoms with van der Waals surface area (Å²) in [6.07, 6.45) is 6.70. The molecule has 2 rings (SSSR count). The van der Waals surface area contributed by atoms with Crippen LogP contribution in [-0.2, 0) is 12.8 Å². The molecule has 0 bridgehead atoms. The van der Waals surface area contributed by atoms with E-state index in [4.69, 9.17) is 16.3 Å². The van der Waals surface area contributed by atoms with Crippen LogP contribution in [0.5, 0.6) is 5.88 Å². The van der Waals surface area contributed by atoms with Crippen molar-refractivity contribution in [1.29, 1.82) is 0 Å². The van der Waals surface area contributed by atoms with Crippen molar-refractivity contribution < 1.29 is 4.74 Å². The maximum atomic E-state index is 5.92. The van der Waals surface area contributed by atoms with Crippen LogP contribution in [0.2, 0.25) is 0 Å². The van der Waals surface area contributed by atoms with Gasteiger partial charge in [-0.2, -0.15) is 0 Å². The predicted molar refractivity (Wildman–Crippen MR) is 78.0 cm³/mol. The molecule has 2 aromatic heterocycles. The van der Waals surface area contributed by atoms with Gasteiger partial charge in [0.25, 0.3) is 0 Å². The Labute approximate surface area is 118 Å². The highest BCUT2D eigenvalue weighted by atomic mass is 16.5. The maximum absolute atomic E-state index is 5.92. The summed E-state index contributed by atoms with van der Waals surface area (Å²) in [5.74, 6) is 6.22. The normalized spacial score (nSPS) is 12.1. The van der Waals surface area contributed by atoms with Crippen LogP contribution in [0.15, 0.2) is 36.8 Å². The van der Waals surface area contributed by atoms with Gasteiger partial charge in [0, 0.05) is 36.4 Å². The second-order valence-electron chi connectivity index (χ2n) is 4.56. The molecule has 106 valence electrons. The molecule has 6 nitrogen and oxygen atoms in total. The molecule has 20 heavy (non-hydrogen) atoms. The third-order valence-electron chi connectivity index (χ3n) is 3.13. The number of hydrazine groups is 1. The number of nitrogens with one attached hydrogen (secondary N) is 1. The molecule has 0 amide bonds. The molecule has 0 aromatic carbocycles. The Morgan fingerprint density at radius 1 is 1.25 bits per heavy atom. The summed E-state index contributed by atoms with van der Waals surface area (Å²) in [5.41, 5.74) is 11.5. The summed E-state index contributed by atoms with van der Waals surface area (Å²) in [5, 5.41) is 0. The monoisotopic (exact) mass is 273 g/mol. The lowest BCUT2D eigenvalue weighted by molar-refractivity contribution is 0.397. The van der Waals surface area contributed by atoms with E-state index < -0.39 is 0 Å². The Kier molecular flexibility index (Phi) is 4.86. The van der Waals surface area contributed by atoms with Gasteiger partial charge < -0.3 is 10.5 Å². The third-order valence-corrected chi connectivity index (χ3v) is 3.13. The van der Waals surface area contributed by atoms with Crippen LogP contribution >= 0.6 is 0 Å². The standard InChI is InChI=1S/C14H19N5O/c1-20-14-3-2-10(8-18-14)6-12(19-16)7-11-9-17-5-4-13(11)15/h2-5,8-9,12,19H,6-7,16H2,1H3,(H2,15,17). The van der Waals surface area contributed by atoms with Crippen LogP contribution in [0.1, 0.15) is 11.1 Å². The Hall–Kier alpha value is -2.18. The zero-order valence-corrected chi connectivity index (χ0v) is 11.4. The van der Waals surface area contributed by atoms with Gasteiger partial charge in [-0.15, -0.1) is 0 Å². The van der Waals surface area contributed by atoms with Crippen molar-refractivity contribution in [1.82, 2.24) is 15.4 Å². The fourth-order valence-electron chi connectivity index (χ4n) is 2.00. The van der Waals surface area contributed by atoms with E-state index in [0.29, 0.717) is 12.3 Å². The zero-order valence-electron chi connectivity index (χ0n) is 11.4. The zero-order chi connectivity index (χ0) is 14.4. The molecule has 2 aromatic rings. The molecule has 0 fully saturated rings. The first kappa shape index (κ1) is 14.2. The number of nitrogen functional groups attached to an aromatic ring is 1. The van der Waals surface area contributed by atoms with Crippen molar-refractivity contribution in [2.75, 3.05) is 12.8 Å². The summed E-state index contributed by atoms with van der Waals surface area (Å²) in [7, 11) is 1.59. The van der Waals surface area contributed by atoms with Crippen molar-refractivity contribution in [3.8, 4) is 5.88 Å². The molecule has 0 aliphatic rings. The maximum Gasteiger partial charge on any atom is 0.212 e. The van der Waals surface area contributed by atoms with Crippen molar-refractivity contribution in [2.24, 2.45) is 5.84 Å². The van der Waals surface area contributed by atoms with Gasteiger partial charge in [-0.3, -0.25) is 16.3 Å². The quantitative estimate of drug-likeness (QED) is 0.529. The number of anilines is 1. The topological polar surface area (TPSA) is 99.1 Å². The molecule has 5 N–H and O–H groups in total. The van der Waals surface area contributed by atoms with Gasteiger partial charge in [0.15, 0.2) is 0 Å². The first-order valence-electron chi connectivity index (χ1n) is 6.36. The highest BCUT2D eigenvalue weighted by molar-refractivity contribution is 5.44. The molecule has 6 heteroatoms. The molecule has 1 atom stereocenters. The number of nitrogens with two attached hydrogens (primary N) is 2. The smallest absolute Gasteiger partial charge is 0.212 e. The lowest BCUT2D eigenvalue weighted by Crippen LogP contribution is -2.38. The number of hydrogen-bond acceptors (Lipinski definition) is 6. The minimum Gasteiger partial charge on any atom is -0.481 e. The second kappa shape index (κ2) is 6.83. The Morgan fingerprint density at radius 3 is 2.70 bits per heavy atom. The van der Waals surface area contributed by atoms with Crippen LogP contribution in [0, 0.1) is 0 Å². The number of rotatable bonds is 6. The third kappa shape index (κ3) is 3.66. The fraction of sp³-hybridized carbons (Fsp3) is 0.286. The number of aromatic nitrogens is 2. The van der Waals surface area contributed by atoms with Gasteiger partial charge in [0.1, 0.15) is 0 Å². The molecule has 0 spiro atoms. The average Bonchev–Trinajstić information content (AvgIpc) is 2.49. The summed E-state index contributed by atoms with van der Waals surface area (Å²) in [4.78, 5) is 8.27. The molecule has 0 radical (unpaired) electrons. The van der Waals surface area contributed by atoms with Gasteiger partial charge >= 0.3 is 0 Å². The summed E-state index contributed by atoms with van der Waals surface area (Å²) < 4.78 is 5.04. The van der Waals surface area contributed by atoms with E-state index in [9.17, 15) is 0 Å². The molecule has 0 aliphatic carbocycles. The Morgan fingerprint density at radius 2 is 2.10 bits per heavy atom. The summed E-state index contributed by atoms with van der Waals surface area (Å²) in [6.45, 7) is 0. The highest BCUT2D eigenvalue weighted by Gasteiger charge is 2.11. The average molecular weight is 273 g/mol. The number of pyridine rings is 2. The van der Waals surface area contributed by atoms with E-state index in [0.717, 1.165) is 23.2 Å². The number of ether oxygens (including phenoxy) is 1. The van der Waals surface area contributed by atoms with Crippen molar-refractivity contribution in [3.05, 3.63) is 47.9 Å². The van der Waals surface area contributed by atoms with Crippen LogP contribution in [0.3, 0.4) is 0 Å². The second-order valence-corrected chi connectivity index (χ2v) is 4.56. The molecular formula is C14H19N5O. The van der Waals surface area contributed by atoms with E-state index in [2.05, 4.69) is 15.4 Å². The fourth-order valence-corrected chi connectivity index (χ4v) is 2.00. The molecule has 0 saturated heterocycles. The van der Waals surface area contributed by atoms with Gasteiger partial charge in [-0.1, -0.05) is 6.07 Å². The van der Waals surface area contributed by atoms with Crippen molar-refractivity contribution in [3.63, 3.8) is 0 Å². The van der Waals surface area contributed by atoms with Crippen molar-refractivity contribution >= 4 is 5.69 Å². The van der Waals surface area contributed by atoms with E-state index in [1.807, 2.05) is 12.1 Å². The van der Waals surface area contributed by atoms with E-state index >= 15 is 0 Å². The summed E-state index contributed by atoms with van der Waals surface area (Å²) in [6, 6.07) is 5.67. The van der Waals surface area contributed by atoms with Crippen LogP contribution < -0.4 is 21.7 Å². The molecule has 2 heterocycles. The number of hydrogen-bond donors (Lipinski definition) is 3. The van der Waals surface area contributed by atoms with Gasteiger partial charge in [-0.25, -0.2) is 4.98 Å². The van der Waals surface area contributed by atoms with E-state index in [1.165, 1.54) is 0 Å². The molecular weight excluding hydrogens is 254 g/mol. The molecule has 0 saturated carbocycles. The van der Waals surface area contributed by atoms with Crippen LogP contribution in [-0.4, -0.2) is 23.1 Å². The predicted octanol–water partition coefficient (Wildman–Crippen LogP) is 0.685. The van der Waals surface area contributed by atoms with Gasteiger partial charge in [-0.05, 0) is 30.0 Å². The first-order valence-corrected chi connectivity index (χ1v) is 6.36. The first-order chi connectivity index (χ1) is 9.72. The SMILES string of the molecule is COc1ccc(CC(Cc2cnccc2N)NN)cn1. The van der Waals surface area contributed by atoms with Crippen LogP contribution in [0.25, 0.3) is 0 Å². The summed E-state index contributed by atoms with van der Waals surface area (Å²) >= 11 is 0.